The van der Waals surface area contributed by atoms with Crippen LogP contribution in [0, 0.1) is 5.95 Å². The van der Waals surface area contributed by atoms with Gasteiger partial charge in [0.2, 0.25) is 5.95 Å². The largest absolute Gasteiger partial charge is 0.351 e. The Kier molecular flexibility index (Phi) is 4.55. The maximum absolute atomic E-state index is 12.7. The van der Waals surface area contributed by atoms with Crippen LogP contribution in [0.5, 0.6) is 0 Å². The van der Waals surface area contributed by atoms with Gasteiger partial charge in [-0.15, -0.1) is 0 Å². The van der Waals surface area contributed by atoms with Crippen LogP contribution in [-0.4, -0.2) is 28.9 Å². The van der Waals surface area contributed by atoms with Gasteiger partial charge in [0.25, 0.3) is 5.91 Å². The molecule has 0 fully saturated rings. The minimum atomic E-state index is -0.638. The molecule has 1 rings (SSSR count). The van der Waals surface area contributed by atoms with Crippen LogP contribution in [0.2, 0.25) is 0 Å². The summed E-state index contributed by atoms with van der Waals surface area (Å²) in [7, 11) is 0. The van der Waals surface area contributed by atoms with Gasteiger partial charge in [0.15, 0.2) is 0 Å². The molecule has 82 valence electrons. The lowest BCUT2D eigenvalue weighted by Crippen LogP contribution is -2.29. The SMILES string of the molecule is CSC(C)CNC(=O)c1ccnc(F)c1. The highest BCUT2D eigenvalue weighted by molar-refractivity contribution is 7.99. The first-order valence-corrected chi connectivity index (χ1v) is 5.85. The summed E-state index contributed by atoms with van der Waals surface area (Å²) in [5, 5.41) is 3.07. The average Bonchev–Trinajstić information content (AvgIpc) is 2.25. The standard InChI is InChI=1S/C10H13FN2OS/c1-7(15-2)6-13-10(14)8-3-4-12-9(11)5-8/h3-5,7H,6H2,1-2H3,(H,13,14). The molecule has 1 N–H and O–H groups in total. The van der Waals surface area contributed by atoms with E-state index in [1.54, 1.807) is 11.8 Å². The van der Waals surface area contributed by atoms with E-state index < -0.39 is 5.95 Å². The minimum Gasteiger partial charge on any atom is -0.351 e. The van der Waals surface area contributed by atoms with Crippen LogP contribution in [0.4, 0.5) is 4.39 Å². The van der Waals surface area contributed by atoms with Crippen molar-refractivity contribution in [3.63, 3.8) is 0 Å². The molecular weight excluding hydrogens is 215 g/mol. The highest BCUT2D eigenvalue weighted by Crippen LogP contribution is 2.04. The highest BCUT2D eigenvalue weighted by Gasteiger charge is 2.07. The van der Waals surface area contributed by atoms with Gasteiger partial charge in [0.05, 0.1) is 0 Å². The number of carbonyl (C=O) groups is 1. The number of thioether (sulfide) groups is 1. The van der Waals surface area contributed by atoms with Crippen molar-refractivity contribution in [1.82, 2.24) is 10.3 Å². The van der Waals surface area contributed by atoms with Crippen molar-refractivity contribution >= 4 is 17.7 Å². The molecule has 0 aliphatic carbocycles. The van der Waals surface area contributed by atoms with Gasteiger partial charge in [-0.1, -0.05) is 6.92 Å². The van der Waals surface area contributed by atoms with Gasteiger partial charge in [-0.3, -0.25) is 4.79 Å². The minimum absolute atomic E-state index is 0.266. The fourth-order valence-electron chi connectivity index (χ4n) is 0.966. The zero-order valence-electron chi connectivity index (χ0n) is 8.66. The molecule has 1 atom stereocenters. The number of hydrogen-bond donors (Lipinski definition) is 1. The summed E-state index contributed by atoms with van der Waals surface area (Å²) < 4.78 is 12.7. The summed E-state index contributed by atoms with van der Waals surface area (Å²) in [5.41, 5.74) is 0.302. The molecule has 0 saturated carbocycles. The fraction of sp³-hybridized carbons (Fsp3) is 0.400. The quantitative estimate of drug-likeness (QED) is 0.798. The first kappa shape index (κ1) is 12.0. The molecule has 1 aromatic rings. The van der Waals surface area contributed by atoms with Crippen molar-refractivity contribution in [2.75, 3.05) is 12.8 Å². The van der Waals surface area contributed by atoms with E-state index in [9.17, 15) is 9.18 Å². The van der Waals surface area contributed by atoms with Crippen LogP contribution in [0.1, 0.15) is 17.3 Å². The Hall–Kier alpha value is -1.10. The van der Waals surface area contributed by atoms with E-state index in [0.29, 0.717) is 17.4 Å². The molecule has 5 heteroatoms. The lowest BCUT2D eigenvalue weighted by molar-refractivity contribution is 0.0953. The molecule has 3 nitrogen and oxygen atoms in total. The number of halogens is 1. The number of nitrogens with one attached hydrogen (secondary N) is 1. The zero-order chi connectivity index (χ0) is 11.3. The van der Waals surface area contributed by atoms with Crippen LogP contribution >= 0.6 is 11.8 Å². The Bertz CT molecular complexity index is 346. The topological polar surface area (TPSA) is 42.0 Å². The summed E-state index contributed by atoms with van der Waals surface area (Å²) in [4.78, 5) is 14.9. The lowest BCUT2D eigenvalue weighted by Gasteiger charge is -2.09. The van der Waals surface area contributed by atoms with Crippen molar-refractivity contribution in [2.45, 2.75) is 12.2 Å². The van der Waals surface area contributed by atoms with Gasteiger partial charge in [0, 0.05) is 29.6 Å². The molecule has 15 heavy (non-hydrogen) atoms. The van der Waals surface area contributed by atoms with Crippen molar-refractivity contribution in [1.29, 1.82) is 0 Å². The second kappa shape index (κ2) is 5.70. The second-order valence-electron chi connectivity index (χ2n) is 3.12. The van der Waals surface area contributed by atoms with E-state index in [1.165, 1.54) is 12.3 Å². The fourth-order valence-corrected chi connectivity index (χ4v) is 1.22. The maximum atomic E-state index is 12.7. The number of amides is 1. The molecule has 1 aromatic heterocycles. The third kappa shape index (κ3) is 3.87. The number of rotatable bonds is 4. The van der Waals surface area contributed by atoms with Gasteiger partial charge in [-0.2, -0.15) is 16.2 Å². The summed E-state index contributed by atoms with van der Waals surface area (Å²) in [5.74, 6) is -0.905. The number of carbonyl (C=O) groups excluding carboxylic acids is 1. The van der Waals surface area contributed by atoms with E-state index in [0.717, 1.165) is 6.07 Å². The Morgan fingerprint density at radius 2 is 2.47 bits per heavy atom. The maximum Gasteiger partial charge on any atom is 0.251 e. The number of aromatic nitrogens is 1. The molecule has 0 aliphatic rings. The van der Waals surface area contributed by atoms with E-state index >= 15 is 0 Å². The second-order valence-corrected chi connectivity index (χ2v) is 4.40. The Morgan fingerprint density at radius 3 is 3.07 bits per heavy atom. The molecule has 0 aromatic carbocycles. The van der Waals surface area contributed by atoms with Crippen molar-refractivity contribution in [3.8, 4) is 0 Å². The summed E-state index contributed by atoms with van der Waals surface area (Å²) >= 11 is 1.66. The van der Waals surface area contributed by atoms with Crippen molar-refractivity contribution in [3.05, 3.63) is 29.8 Å². The summed E-state index contributed by atoms with van der Waals surface area (Å²) in [6.07, 6.45) is 3.26. The van der Waals surface area contributed by atoms with E-state index in [2.05, 4.69) is 10.3 Å². The van der Waals surface area contributed by atoms with Gasteiger partial charge in [0.1, 0.15) is 0 Å². The molecule has 0 radical (unpaired) electrons. The van der Waals surface area contributed by atoms with Gasteiger partial charge >= 0.3 is 0 Å². The lowest BCUT2D eigenvalue weighted by atomic mass is 10.2. The van der Waals surface area contributed by atoms with Gasteiger partial charge in [-0.05, 0) is 12.3 Å². The predicted molar refractivity (Wildman–Crippen MR) is 59.5 cm³/mol. The monoisotopic (exact) mass is 228 g/mol. The van der Waals surface area contributed by atoms with Crippen LogP contribution in [0.15, 0.2) is 18.3 Å². The third-order valence-corrected chi connectivity index (χ3v) is 2.91. The molecular formula is C10H13FN2OS. The molecule has 1 unspecified atom stereocenters. The molecule has 1 amide bonds. The molecule has 0 spiro atoms. The first-order chi connectivity index (χ1) is 7.13. The summed E-state index contributed by atoms with van der Waals surface area (Å²) in [6, 6.07) is 2.61. The van der Waals surface area contributed by atoms with Crippen LogP contribution in [0.25, 0.3) is 0 Å². The van der Waals surface area contributed by atoms with Gasteiger partial charge in [-0.25, -0.2) is 4.98 Å². The van der Waals surface area contributed by atoms with Crippen LogP contribution in [-0.2, 0) is 0 Å². The number of nitrogens with zero attached hydrogens (tertiary/aromatic N) is 1. The number of hydrogen-bond acceptors (Lipinski definition) is 3. The Labute approximate surface area is 92.5 Å². The van der Waals surface area contributed by atoms with Crippen molar-refractivity contribution in [2.24, 2.45) is 0 Å². The molecule has 1 heterocycles. The Morgan fingerprint density at radius 1 is 1.73 bits per heavy atom. The van der Waals surface area contributed by atoms with E-state index in [1.807, 2.05) is 13.2 Å². The third-order valence-electron chi connectivity index (χ3n) is 1.94. The van der Waals surface area contributed by atoms with Gasteiger partial charge < -0.3 is 5.32 Å². The predicted octanol–water partition coefficient (Wildman–Crippen LogP) is 1.70. The zero-order valence-corrected chi connectivity index (χ0v) is 9.47. The smallest absolute Gasteiger partial charge is 0.251 e. The number of pyridine rings is 1. The van der Waals surface area contributed by atoms with E-state index in [4.69, 9.17) is 0 Å². The Balaban J connectivity index is 2.54. The molecule has 0 aliphatic heterocycles. The molecule has 0 saturated heterocycles. The molecule has 0 bridgehead atoms. The van der Waals surface area contributed by atoms with E-state index in [-0.39, 0.29) is 5.91 Å². The average molecular weight is 228 g/mol. The normalized spacial score (nSPS) is 12.2. The van der Waals surface area contributed by atoms with Crippen molar-refractivity contribution < 1.29 is 9.18 Å². The summed E-state index contributed by atoms with van der Waals surface area (Å²) in [6.45, 7) is 2.59. The first-order valence-electron chi connectivity index (χ1n) is 4.56. The van der Waals surface area contributed by atoms with Crippen LogP contribution in [0.3, 0.4) is 0 Å². The highest BCUT2D eigenvalue weighted by atomic mass is 32.2. The van der Waals surface area contributed by atoms with Crippen LogP contribution < -0.4 is 5.32 Å².